The van der Waals surface area contributed by atoms with Gasteiger partial charge in [-0.25, -0.2) is 0 Å². The van der Waals surface area contributed by atoms with Crippen LogP contribution in [0.15, 0.2) is 24.3 Å². The van der Waals surface area contributed by atoms with Gasteiger partial charge in [0.05, 0.1) is 5.60 Å². The lowest BCUT2D eigenvalue weighted by Gasteiger charge is -2.22. The number of halogens is 2. The summed E-state index contributed by atoms with van der Waals surface area (Å²) in [6, 6.07) is 5.58. The van der Waals surface area contributed by atoms with E-state index in [1.54, 1.807) is 0 Å². The van der Waals surface area contributed by atoms with Gasteiger partial charge in [0.1, 0.15) is 5.75 Å². The van der Waals surface area contributed by atoms with Gasteiger partial charge in [-0.3, -0.25) is 4.79 Å². The summed E-state index contributed by atoms with van der Waals surface area (Å²) >= 11 is 0. The molecule has 0 aliphatic heterocycles. The second-order valence-corrected chi connectivity index (χ2v) is 5.02. The van der Waals surface area contributed by atoms with Crippen LogP contribution in [0.1, 0.15) is 36.0 Å². The number of hydrogen-bond acceptors (Lipinski definition) is 3. The number of carbonyl (C=O) groups is 1. The lowest BCUT2D eigenvalue weighted by Crippen LogP contribution is -2.40. The highest BCUT2D eigenvalue weighted by atomic mass is 19.3. The van der Waals surface area contributed by atoms with Crippen LogP contribution in [0.2, 0.25) is 0 Å². The lowest BCUT2D eigenvalue weighted by atomic mass is 10.0. The van der Waals surface area contributed by atoms with Crippen molar-refractivity contribution in [2.75, 3.05) is 6.54 Å². The van der Waals surface area contributed by atoms with E-state index in [0.29, 0.717) is 12.8 Å². The summed E-state index contributed by atoms with van der Waals surface area (Å²) in [7, 11) is 0. The van der Waals surface area contributed by atoms with Gasteiger partial charge in [-0.15, -0.1) is 0 Å². The molecule has 1 saturated carbocycles. The van der Waals surface area contributed by atoms with Crippen molar-refractivity contribution < 1.29 is 23.4 Å². The first-order valence-electron chi connectivity index (χ1n) is 6.54. The normalized spacial score (nSPS) is 17.2. The monoisotopic (exact) mass is 285 g/mol. The van der Waals surface area contributed by atoms with Gasteiger partial charge in [-0.05, 0) is 31.0 Å². The molecule has 2 rings (SSSR count). The minimum absolute atomic E-state index is 0.0628. The molecule has 1 aliphatic rings. The Morgan fingerprint density at radius 3 is 2.75 bits per heavy atom. The highest BCUT2D eigenvalue weighted by Crippen LogP contribution is 2.28. The zero-order chi connectivity index (χ0) is 14.6. The number of aliphatic hydroxyl groups is 1. The predicted molar refractivity (Wildman–Crippen MR) is 68.8 cm³/mol. The number of ether oxygens (including phenoxy) is 1. The third kappa shape index (κ3) is 3.90. The second-order valence-electron chi connectivity index (χ2n) is 5.02. The average molecular weight is 285 g/mol. The lowest BCUT2D eigenvalue weighted by molar-refractivity contribution is -0.0498. The van der Waals surface area contributed by atoms with E-state index in [9.17, 15) is 18.7 Å². The summed E-state index contributed by atoms with van der Waals surface area (Å²) in [6.45, 7) is -2.75. The molecule has 110 valence electrons. The molecule has 0 heterocycles. The summed E-state index contributed by atoms with van der Waals surface area (Å²) in [5, 5.41) is 12.8. The molecule has 0 aromatic heterocycles. The maximum absolute atomic E-state index is 12.1. The van der Waals surface area contributed by atoms with Crippen LogP contribution in [0.3, 0.4) is 0 Å². The van der Waals surface area contributed by atoms with E-state index in [-0.39, 0.29) is 17.9 Å². The Morgan fingerprint density at radius 2 is 2.10 bits per heavy atom. The fourth-order valence-corrected chi connectivity index (χ4v) is 2.37. The summed E-state index contributed by atoms with van der Waals surface area (Å²) in [4.78, 5) is 11.9. The molecule has 4 nitrogen and oxygen atoms in total. The number of alkyl halides is 2. The minimum Gasteiger partial charge on any atom is -0.435 e. The van der Waals surface area contributed by atoms with Crippen LogP contribution >= 0.6 is 0 Å². The maximum atomic E-state index is 12.1. The second kappa shape index (κ2) is 6.17. The highest BCUT2D eigenvalue weighted by Gasteiger charge is 2.31. The first-order valence-corrected chi connectivity index (χ1v) is 6.54. The molecule has 0 bridgehead atoms. The Hall–Kier alpha value is -1.69. The third-order valence-corrected chi connectivity index (χ3v) is 3.43. The summed E-state index contributed by atoms with van der Waals surface area (Å²) in [5.74, 6) is -0.475. The van der Waals surface area contributed by atoms with Crippen LogP contribution in [0, 0.1) is 0 Å². The fraction of sp³-hybridized carbons (Fsp3) is 0.500. The molecule has 0 unspecified atom stereocenters. The Morgan fingerprint density at radius 1 is 1.40 bits per heavy atom. The van der Waals surface area contributed by atoms with E-state index in [4.69, 9.17) is 0 Å². The van der Waals surface area contributed by atoms with Gasteiger partial charge < -0.3 is 15.2 Å². The molecule has 1 aromatic carbocycles. The van der Waals surface area contributed by atoms with E-state index in [0.717, 1.165) is 12.8 Å². The molecule has 0 radical (unpaired) electrons. The Balaban J connectivity index is 1.95. The molecule has 0 atom stereocenters. The van der Waals surface area contributed by atoms with Gasteiger partial charge in [0.15, 0.2) is 0 Å². The van der Waals surface area contributed by atoms with Crippen molar-refractivity contribution in [2.24, 2.45) is 0 Å². The van der Waals surface area contributed by atoms with Crippen LogP contribution in [0.5, 0.6) is 5.75 Å². The Labute approximate surface area is 115 Å². The van der Waals surface area contributed by atoms with Gasteiger partial charge in [0, 0.05) is 12.1 Å². The summed E-state index contributed by atoms with van der Waals surface area (Å²) in [6.07, 6.45) is 3.23. The van der Waals surface area contributed by atoms with Crippen LogP contribution in [0.4, 0.5) is 8.78 Å². The van der Waals surface area contributed by atoms with Crippen molar-refractivity contribution in [1.29, 1.82) is 0 Å². The van der Waals surface area contributed by atoms with Gasteiger partial charge in [-0.1, -0.05) is 18.9 Å². The zero-order valence-corrected chi connectivity index (χ0v) is 10.9. The maximum Gasteiger partial charge on any atom is 0.387 e. The van der Waals surface area contributed by atoms with E-state index < -0.39 is 18.1 Å². The van der Waals surface area contributed by atoms with Gasteiger partial charge in [0.25, 0.3) is 5.91 Å². The molecule has 1 fully saturated rings. The van der Waals surface area contributed by atoms with Crippen molar-refractivity contribution in [3.8, 4) is 5.75 Å². The zero-order valence-electron chi connectivity index (χ0n) is 10.9. The summed E-state index contributed by atoms with van der Waals surface area (Å²) in [5.41, 5.74) is -0.614. The van der Waals surface area contributed by atoms with Crippen LogP contribution in [0.25, 0.3) is 0 Å². The fourth-order valence-electron chi connectivity index (χ4n) is 2.37. The van der Waals surface area contributed by atoms with Crippen molar-refractivity contribution in [2.45, 2.75) is 37.9 Å². The van der Waals surface area contributed by atoms with Crippen molar-refractivity contribution >= 4 is 5.91 Å². The molecule has 0 spiro atoms. The molecule has 1 aliphatic carbocycles. The molecule has 1 aromatic rings. The number of carbonyl (C=O) groups excluding carboxylic acids is 1. The Bertz CT molecular complexity index is 473. The third-order valence-electron chi connectivity index (χ3n) is 3.43. The molecule has 1 amide bonds. The van der Waals surface area contributed by atoms with Gasteiger partial charge in [-0.2, -0.15) is 8.78 Å². The molecular formula is C14H17F2NO3. The topological polar surface area (TPSA) is 58.6 Å². The molecular weight excluding hydrogens is 268 g/mol. The first-order chi connectivity index (χ1) is 9.48. The van der Waals surface area contributed by atoms with Crippen molar-refractivity contribution in [3.05, 3.63) is 29.8 Å². The van der Waals surface area contributed by atoms with Crippen LogP contribution in [-0.4, -0.2) is 29.8 Å². The number of rotatable bonds is 5. The van der Waals surface area contributed by atoms with Crippen molar-refractivity contribution in [1.82, 2.24) is 5.32 Å². The van der Waals surface area contributed by atoms with Gasteiger partial charge >= 0.3 is 6.61 Å². The smallest absolute Gasteiger partial charge is 0.387 e. The minimum atomic E-state index is -2.92. The highest BCUT2D eigenvalue weighted by molar-refractivity contribution is 5.94. The van der Waals surface area contributed by atoms with E-state index in [1.165, 1.54) is 24.3 Å². The van der Waals surface area contributed by atoms with E-state index in [1.807, 2.05) is 0 Å². The number of benzene rings is 1. The van der Waals surface area contributed by atoms with Crippen molar-refractivity contribution in [3.63, 3.8) is 0 Å². The SMILES string of the molecule is O=C(NCC1(O)CCCC1)c1cccc(OC(F)F)c1. The summed E-state index contributed by atoms with van der Waals surface area (Å²) < 4.78 is 28.4. The molecule has 20 heavy (non-hydrogen) atoms. The molecule has 0 saturated heterocycles. The Kier molecular flexibility index (Phi) is 4.54. The standard InChI is InChI=1S/C14H17F2NO3/c15-13(16)20-11-5-3-4-10(8-11)12(18)17-9-14(19)6-1-2-7-14/h3-5,8,13,19H,1-2,6-7,9H2,(H,17,18). The molecule has 6 heteroatoms. The number of amides is 1. The number of hydrogen-bond donors (Lipinski definition) is 2. The van der Waals surface area contributed by atoms with Gasteiger partial charge in [0.2, 0.25) is 0 Å². The van der Waals surface area contributed by atoms with Crippen LogP contribution in [-0.2, 0) is 0 Å². The predicted octanol–water partition coefficient (Wildman–Crippen LogP) is 2.32. The van der Waals surface area contributed by atoms with E-state index >= 15 is 0 Å². The number of nitrogens with one attached hydrogen (secondary N) is 1. The largest absolute Gasteiger partial charge is 0.435 e. The first kappa shape index (κ1) is 14.7. The quantitative estimate of drug-likeness (QED) is 0.873. The van der Waals surface area contributed by atoms with Crippen LogP contribution < -0.4 is 10.1 Å². The van der Waals surface area contributed by atoms with E-state index in [2.05, 4.69) is 10.1 Å². The molecule has 2 N–H and O–H groups in total. The average Bonchev–Trinajstić information content (AvgIpc) is 2.83.